The van der Waals surface area contributed by atoms with Gasteiger partial charge >= 0.3 is 5.97 Å². The smallest absolute Gasteiger partial charge is 0.319 e. The van der Waals surface area contributed by atoms with E-state index in [1.807, 2.05) is 6.92 Å². The fraction of sp³-hybridized carbons (Fsp3) is 0.536. The first-order valence-corrected chi connectivity index (χ1v) is 12.8. The van der Waals surface area contributed by atoms with Crippen molar-refractivity contribution in [3.63, 3.8) is 0 Å². The Kier molecular flexibility index (Phi) is 11.5. The molecular weight excluding hydrogens is 424 g/mol. The molecule has 0 saturated carbocycles. The number of nitrogens with two attached hydrogens (primary N) is 1. The van der Waals surface area contributed by atoms with Gasteiger partial charge in [-0.3, -0.25) is 14.6 Å². The lowest BCUT2D eigenvalue weighted by atomic mass is 10.1. The maximum Gasteiger partial charge on any atom is 0.319 e. The van der Waals surface area contributed by atoms with Gasteiger partial charge in [-0.15, -0.1) is 0 Å². The summed E-state index contributed by atoms with van der Waals surface area (Å²) in [6.45, 7) is 10.9. The molecule has 0 spiro atoms. The number of nitrogens with one attached hydrogen (secondary N) is 1. The van der Waals surface area contributed by atoms with Crippen molar-refractivity contribution >= 4 is 5.97 Å². The summed E-state index contributed by atoms with van der Waals surface area (Å²) in [5.41, 5.74) is 10.8. The second kappa shape index (κ2) is 14.9. The summed E-state index contributed by atoms with van der Waals surface area (Å²) < 4.78 is 4.88. The Bertz CT molecular complexity index is 861. The normalized spacial score (nSPS) is 16.3. The summed E-state index contributed by atoms with van der Waals surface area (Å²) >= 11 is 0. The molecule has 2 aromatic carbocycles. The molecule has 0 aromatic heterocycles. The first-order valence-electron chi connectivity index (χ1n) is 12.8. The minimum atomic E-state index is -0.194. The van der Waals surface area contributed by atoms with Gasteiger partial charge in [0.05, 0.1) is 13.2 Å². The van der Waals surface area contributed by atoms with Gasteiger partial charge in [-0.25, -0.2) is 0 Å². The van der Waals surface area contributed by atoms with Gasteiger partial charge in [0.25, 0.3) is 0 Å². The Labute approximate surface area is 205 Å². The number of carbonyl (C=O) groups is 1. The van der Waals surface area contributed by atoms with Gasteiger partial charge in [0.15, 0.2) is 0 Å². The van der Waals surface area contributed by atoms with E-state index < -0.39 is 0 Å². The van der Waals surface area contributed by atoms with Crippen LogP contribution in [0.3, 0.4) is 0 Å². The van der Waals surface area contributed by atoms with E-state index in [0.29, 0.717) is 19.7 Å². The average Bonchev–Trinajstić information content (AvgIpc) is 3.55. The van der Waals surface area contributed by atoms with Gasteiger partial charge in [0.1, 0.15) is 0 Å². The molecule has 6 heteroatoms. The lowest BCUT2D eigenvalue weighted by Crippen LogP contribution is -2.24. The second-order valence-corrected chi connectivity index (χ2v) is 9.22. The first kappa shape index (κ1) is 26.4. The Morgan fingerprint density at radius 2 is 1.35 bits per heavy atom. The summed E-state index contributed by atoms with van der Waals surface area (Å²) in [5, 5.41) is 3.12. The van der Waals surface area contributed by atoms with E-state index in [9.17, 15) is 4.79 Å². The summed E-state index contributed by atoms with van der Waals surface area (Å²) in [6.07, 6.45) is 5.36. The van der Waals surface area contributed by atoms with Crippen LogP contribution >= 0.6 is 0 Å². The molecule has 6 nitrogen and oxygen atoms in total. The van der Waals surface area contributed by atoms with Gasteiger partial charge in [0.2, 0.25) is 0 Å². The van der Waals surface area contributed by atoms with Gasteiger partial charge in [-0.05, 0) is 81.0 Å². The van der Waals surface area contributed by atoms with Crippen LogP contribution in [0.15, 0.2) is 48.5 Å². The number of esters is 1. The lowest BCUT2D eigenvalue weighted by molar-refractivity contribution is -0.142. The molecule has 186 valence electrons. The van der Waals surface area contributed by atoms with E-state index in [1.165, 1.54) is 74.1 Å². The molecule has 0 amide bonds. The molecule has 2 heterocycles. The summed E-state index contributed by atoms with van der Waals surface area (Å²) in [4.78, 5) is 16.2. The molecule has 2 saturated heterocycles. The highest BCUT2D eigenvalue weighted by molar-refractivity contribution is 5.71. The van der Waals surface area contributed by atoms with E-state index in [-0.39, 0.29) is 12.5 Å². The molecule has 0 atom stereocenters. The maximum absolute atomic E-state index is 11.2. The Morgan fingerprint density at radius 1 is 0.853 bits per heavy atom. The number of rotatable bonds is 10. The molecule has 2 aliphatic heterocycles. The molecule has 0 bridgehead atoms. The Hall–Kier alpha value is -2.25. The number of hydrogen-bond donors (Lipinski definition) is 2. The fourth-order valence-electron chi connectivity index (χ4n) is 4.61. The molecular formula is C28H42N4O2. The van der Waals surface area contributed by atoms with Crippen LogP contribution in [0.5, 0.6) is 0 Å². The van der Waals surface area contributed by atoms with Crippen LogP contribution in [-0.2, 0) is 35.7 Å². The van der Waals surface area contributed by atoms with E-state index in [4.69, 9.17) is 10.5 Å². The molecule has 0 radical (unpaired) electrons. The Balaban J connectivity index is 0.000000202. The van der Waals surface area contributed by atoms with Crippen molar-refractivity contribution in [1.29, 1.82) is 0 Å². The van der Waals surface area contributed by atoms with E-state index in [1.54, 1.807) is 0 Å². The van der Waals surface area contributed by atoms with Crippen LogP contribution in [0.4, 0.5) is 0 Å². The predicted molar refractivity (Wildman–Crippen MR) is 138 cm³/mol. The molecule has 2 aliphatic rings. The predicted octanol–water partition coefficient (Wildman–Crippen LogP) is 3.68. The van der Waals surface area contributed by atoms with Gasteiger partial charge in [-0.2, -0.15) is 0 Å². The first-order chi connectivity index (χ1) is 16.7. The van der Waals surface area contributed by atoms with Crippen LogP contribution < -0.4 is 11.1 Å². The number of nitrogens with zero attached hydrogens (tertiary/aromatic N) is 2. The quantitative estimate of drug-likeness (QED) is 0.521. The molecule has 3 N–H and O–H groups in total. The van der Waals surface area contributed by atoms with Gasteiger partial charge in [-0.1, -0.05) is 48.5 Å². The highest BCUT2D eigenvalue weighted by atomic mass is 16.5. The number of carbonyl (C=O) groups excluding carboxylic acids is 1. The van der Waals surface area contributed by atoms with Crippen molar-refractivity contribution in [2.75, 3.05) is 39.3 Å². The summed E-state index contributed by atoms with van der Waals surface area (Å²) in [7, 11) is 0. The molecule has 0 aliphatic carbocycles. The van der Waals surface area contributed by atoms with Crippen molar-refractivity contribution in [1.82, 2.24) is 15.1 Å². The third-order valence-corrected chi connectivity index (χ3v) is 6.33. The van der Waals surface area contributed by atoms with Crippen LogP contribution in [0.2, 0.25) is 0 Å². The zero-order valence-corrected chi connectivity index (χ0v) is 20.8. The highest BCUT2D eigenvalue weighted by Gasteiger charge is 2.12. The van der Waals surface area contributed by atoms with Crippen LogP contribution in [0.1, 0.15) is 54.9 Å². The van der Waals surface area contributed by atoms with E-state index >= 15 is 0 Å². The monoisotopic (exact) mass is 466 g/mol. The minimum Gasteiger partial charge on any atom is -0.465 e. The zero-order valence-electron chi connectivity index (χ0n) is 20.8. The largest absolute Gasteiger partial charge is 0.465 e. The number of benzene rings is 2. The topological polar surface area (TPSA) is 70.8 Å². The van der Waals surface area contributed by atoms with Crippen LogP contribution in [-0.4, -0.2) is 55.1 Å². The fourth-order valence-corrected chi connectivity index (χ4v) is 4.61. The lowest BCUT2D eigenvalue weighted by Gasteiger charge is -2.15. The number of ether oxygens (including phenoxy) is 1. The SMILES string of the molecule is CCOC(=O)CNCc1cccc(CN2CCCC2)c1.NCc1cccc(CN2CCCC2)c1. The molecule has 34 heavy (non-hydrogen) atoms. The third kappa shape index (κ3) is 9.55. The van der Waals surface area contributed by atoms with Crippen molar-refractivity contribution in [2.45, 2.75) is 58.8 Å². The standard InChI is InChI=1S/C16H24N2O2.C12H18N2/c1-2-20-16(19)12-17-11-14-6-5-7-15(10-14)13-18-8-3-4-9-18;13-9-11-4-3-5-12(8-11)10-14-6-1-2-7-14/h5-7,10,17H,2-4,8-9,11-13H2,1H3;3-5,8H,1-2,6-7,9-10,13H2. The van der Waals surface area contributed by atoms with Crippen LogP contribution in [0.25, 0.3) is 0 Å². The highest BCUT2D eigenvalue weighted by Crippen LogP contribution is 2.14. The zero-order chi connectivity index (χ0) is 24.0. The maximum atomic E-state index is 11.2. The molecule has 2 aromatic rings. The van der Waals surface area contributed by atoms with Crippen LogP contribution in [0, 0.1) is 0 Å². The van der Waals surface area contributed by atoms with E-state index in [0.717, 1.165) is 13.1 Å². The second-order valence-electron chi connectivity index (χ2n) is 9.22. The third-order valence-electron chi connectivity index (χ3n) is 6.33. The van der Waals surface area contributed by atoms with Gasteiger partial charge in [0, 0.05) is 26.2 Å². The van der Waals surface area contributed by atoms with Gasteiger partial charge < -0.3 is 15.8 Å². The minimum absolute atomic E-state index is 0.194. The Morgan fingerprint density at radius 3 is 1.88 bits per heavy atom. The number of likely N-dealkylation sites (tertiary alicyclic amines) is 2. The number of hydrogen-bond acceptors (Lipinski definition) is 6. The molecule has 2 fully saturated rings. The average molecular weight is 467 g/mol. The molecule has 0 unspecified atom stereocenters. The summed E-state index contributed by atoms with van der Waals surface area (Å²) in [6, 6.07) is 17.2. The molecule has 4 rings (SSSR count). The van der Waals surface area contributed by atoms with Crippen molar-refractivity contribution in [3.8, 4) is 0 Å². The van der Waals surface area contributed by atoms with Crippen molar-refractivity contribution in [3.05, 3.63) is 70.8 Å². The van der Waals surface area contributed by atoms with Crippen molar-refractivity contribution < 1.29 is 9.53 Å². The van der Waals surface area contributed by atoms with Crippen molar-refractivity contribution in [2.24, 2.45) is 5.73 Å². The summed E-state index contributed by atoms with van der Waals surface area (Å²) in [5.74, 6) is -0.194. The van der Waals surface area contributed by atoms with E-state index in [2.05, 4.69) is 63.6 Å².